The van der Waals surface area contributed by atoms with Crippen molar-refractivity contribution in [3.05, 3.63) is 65.7 Å². The smallest absolute Gasteiger partial charge is 0.405 e. The molecule has 234 valence electrons. The molecule has 0 spiro atoms. The number of hydrogen-bond donors (Lipinski definition) is 4. The molecule has 15 heteroatoms. The Morgan fingerprint density at radius 1 is 0.791 bits per heavy atom. The molecule has 0 heterocycles. The quantitative estimate of drug-likeness (QED) is 0.202. The number of amides is 4. The molecular weight excluding hydrogens is 583 g/mol. The second-order valence-electron chi connectivity index (χ2n) is 9.74. The van der Waals surface area contributed by atoms with Gasteiger partial charge in [0.2, 0.25) is 17.6 Å². The third-order valence-corrected chi connectivity index (χ3v) is 6.07. The Bertz CT molecular complexity index is 1300. The minimum absolute atomic E-state index is 0.123. The normalized spacial score (nSPS) is 13.7. The summed E-state index contributed by atoms with van der Waals surface area (Å²) in [7, 11) is 1.38. The molecule has 4 amide bonds. The van der Waals surface area contributed by atoms with Gasteiger partial charge in [0.05, 0.1) is 13.2 Å². The van der Waals surface area contributed by atoms with Gasteiger partial charge in [-0.3, -0.25) is 24.0 Å². The second kappa shape index (κ2) is 14.6. The van der Waals surface area contributed by atoms with Crippen molar-refractivity contribution in [1.82, 2.24) is 21.3 Å². The molecule has 4 N–H and O–H groups in total. The number of carbonyl (C=O) groups excluding carboxylic acids is 5. The van der Waals surface area contributed by atoms with Crippen molar-refractivity contribution in [2.24, 2.45) is 5.92 Å². The first kappa shape index (κ1) is 34.6. The predicted molar refractivity (Wildman–Crippen MR) is 143 cm³/mol. The van der Waals surface area contributed by atoms with Gasteiger partial charge in [0, 0.05) is 5.56 Å². The number of Topliss-reactive ketones (excluding diaryl/α,β-unsaturated/α-hetero) is 1. The number of rotatable bonds is 13. The van der Waals surface area contributed by atoms with Crippen LogP contribution in [0.3, 0.4) is 0 Å². The molecule has 0 radical (unpaired) electrons. The molecule has 3 atom stereocenters. The summed E-state index contributed by atoms with van der Waals surface area (Å²) in [6, 6.07) is 8.72. The van der Waals surface area contributed by atoms with Gasteiger partial charge in [-0.05, 0) is 42.7 Å². The molecule has 0 aliphatic rings. The lowest BCUT2D eigenvalue weighted by molar-refractivity contribution is -0.165. The molecule has 10 nitrogen and oxygen atoms in total. The fourth-order valence-electron chi connectivity index (χ4n) is 3.67. The van der Waals surface area contributed by atoms with E-state index in [2.05, 4.69) is 16.0 Å². The van der Waals surface area contributed by atoms with Gasteiger partial charge in [0.25, 0.3) is 11.8 Å². The number of benzene rings is 2. The molecule has 0 bridgehead atoms. The van der Waals surface area contributed by atoms with E-state index < -0.39 is 72.1 Å². The lowest BCUT2D eigenvalue weighted by Crippen LogP contribution is -2.58. The first-order valence-electron chi connectivity index (χ1n) is 12.9. The summed E-state index contributed by atoms with van der Waals surface area (Å²) in [4.78, 5) is 63.3. The van der Waals surface area contributed by atoms with E-state index in [0.717, 1.165) is 5.32 Å². The number of carbonyl (C=O) groups is 5. The van der Waals surface area contributed by atoms with Gasteiger partial charge in [-0.1, -0.05) is 44.2 Å². The molecule has 43 heavy (non-hydrogen) atoms. The number of ketones is 1. The molecule has 0 aliphatic heterocycles. The van der Waals surface area contributed by atoms with Crippen molar-refractivity contribution < 1.29 is 50.7 Å². The highest BCUT2D eigenvalue weighted by molar-refractivity contribution is 6.10. The average Bonchev–Trinajstić information content (AvgIpc) is 2.96. The molecule has 2 aromatic rings. The van der Waals surface area contributed by atoms with Gasteiger partial charge >= 0.3 is 12.1 Å². The van der Waals surface area contributed by atoms with Gasteiger partial charge in [-0.2, -0.15) is 22.0 Å². The number of methoxy groups -OCH3 is 1. The standard InChI is InChI=1S/C28H31F5N4O6/c1-15(2)20(22(38)28(32,33)26(42)34-14-27(29,30)31)36-25(41)21(17-10-12-19(43-4)13-11-17)37-23(39)16(3)35-24(40)18-8-6-5-7-9-18/h5-13,15-16,20-21H,14H2,1-4H3,(H,34,42)(H,35,40)(H,36,41)(H,37,39). The Kier molecular flexibility index (Phi) is 11.7. The molecule has 0 saturated carbocycles. The van der Waals surface area contributed by atoms with Crippen LogP contribution in [-0.2, 0) is 19.2 Å². The van der Waals surface area contributed by atoms with Crippen LogP contribution < -0.4 is 26.0 Å². The van der Waals surface area contributed by atoms with Crippen molar-refractivity contribution in [3.63, 3.8) is 0 Å². The highest BCUT2D eigenvalue weighted by atomic mass is 19.4. The molecule has 0 aromatic heterocycles. The number of nitrogens with one attached hydrogen (secondary N) is 4. The van der Waals surface area contributed by atoms with Crippen LogP contribution in [0.25, 0.3) is 0 Å². The maximum absolute atomic E-state index is 14.6. The van der Waals surface area contributed by atoms with Gasteiger partial charge in [-0.25, -0.2) is 0 Å². The summed E-state index contributed by atoms with van der Waals surface area (Å²) >= 11 is 0. The minimum atomic E-state index is -5.01. The SMILES string of the molecule is COc1ccc(C(NC(=O)C(C)NC(=O)c2ccccc2)C(=O)NC(C(=O)C(F)(F)C(=O)NCC(F)(F)F)C(C)C)cc1. The van der Waals surface area contributed by atoms with Crippen LogP contribution in [0.2, 0.25) is 0 Å². The summed E-state index contributed by atoms with van der Waals surface area (Å²) in [5, 5.41) is 7.91. The van der Waals surface area contributed by atoms with Crippen molar-refractivity contribution in [2.45, 2.75) is 51.0 Å². The average molecular weight is 615 g/mol. The van der Waals surface area contributed by atoms with E-state index >= 15 is 0 Å². The van der Waals surface area contributed by atoms with E-state index in [9.17, 15) is 45.9 Å². The van der Waals surface area contributed by atoms with E-state index in [0.29, 0.717) is 5.75 Å². The second-order valence-corrected chi connectivity index (χ2v) is 9.74. The Labute approximate surface area is 243 Å². The highest BCUT2D eigenvalue weighted by Crippen LogP contribution is 2.24. The van der Waals surface area contributed by atoms with Crippen molar-refractivity contribution in [1.29, 1.82) is 0 Å². The zero-order valence-electron chi connectivity index (χ0n) is 23.6. The zero-order chi connectivity index (χ0) is 32.5. The Balaban J connectivity index is 2.30. The monoisotopic (exact) mass is 614 g/mol. The molecule has 3 unspecified atom stereocenters. The largest absolute Gasteiger partial charge is 0.497 e. The molecular formula is C28H31F5N4O6. The van der Waals surface area contributed by atoms with Crippen LogP contribution >= 0.6 is 0 Å². The number of halogens is 5. The van der Waals surface area contributed by atoms with Gasteiger partial charge in [-0.15, -0.1) is 0 Å². The Hall–Kier alpha value is -4.56. The Morgan fingerprint density at radius 3 is 1.88 bits per heavy atom. The molecule has 2 aromatic carbocycles. The van der Waals surface area contributed by atoms with Crippen LogP contribution in [0, 0.1) is 5.92 Å². The van der Waals surface area contributed by atoms with Crippen molar-refractivity contribution >= 4 is 29.4 Å². The minimum Gasteiger partial charge on any atom is -0.497 e. The summed E-state index contributed by atoms with van der Waals surface area (Å²) in [5.41, 5.74) is 0.378. The van der Waals surface area contributed by atoms with Gasteiger partial charge in [0.1, 0.15) is 24.4 Å². The maximum Gasteiger partial charge on any atom is 0.405 e. The summed E-state index contributed by atoms with van der Waals surface area (Å²) in [6.45, 7) is 1.75. The lowest BCUT2D eigenvalue weighted by atomic mass is 9.94. The van der Waals surface area contributed by atoms with Crippen LogP contribution in [0.1, 0.15) is 42.7 Å². The molecule has 0 aliphatic carbocycles. The maximum atomic E-state index is 14.6. The number of ether oxygens (including phenoxy) is 1. The third-order valence-electron chi connectivity index (χ3n) is 6.07. The van der Waals surface area contributed by atoms with Crippen LogP contribution in [0.5, 0.6) is 5.75 Å². The topological polar surface area (TPSA) is 143 Å². The van der Waals surface area contributed by atoms with Gasteiger partial charge in [0.15, 0.2) is 0 Å². The summed E-state index contributed by atoms with van der Waals surface area (Å²) in [5.74, 6) is -12.9. The lowest BCUT2D eigenvalue weighted by Gasteiger charge is -2.28. The van der Waals surface area contributed by atoms with Crippen LogP contribution in [0.4, 0.5) is 22.0 Å². The van der Waals surface area contributed by atoms with E-state index in [1.807, 2.05) is 0 Å². The van der Waals surface area contributed by atoms with Crippen LogP contribution in [0.15, 0.2) is 54.6 Å². The Morgan fingerprint density at radius 2 is 1.37 bits per heavy atom. The van der Waals surface area contributed by atoms with E-state index in [-0.39, 0.29) is 11.1 Å². The molecule has 0 fully saturated rings. The fraction of sp³-hybridized carbons (Fsp3) is 0.393. The first-order valence-corrected chi connectivity index (χ1v) is 12.9. The van der Waals surface area contributed by atoms with Crippen molar-refractivity contribution in [2.75, 3.05) is 13.7 Å². The van der Waals surface area contributed by atoms with Gasteiger partial charge < -0.3 is 26.0 Å². The highest BCUT2D eigenvalue weighted by Gasteiger charge is 2.52. The van der Waals surface area contributed by atoms with Crippen molar-refractivity contribution in [3.8, 4) is 5.75 Å². The molecule has 2 rings (SSSR count). The van der Waals surface area contributed by atoms with E-state index in [4.69, 9.17) is 4.74 Å². The zero-order valence-corrected chi connectivity index (χ0v) is 23.6. The summed E-state index contributed by atoms with van der Waals surface area (Å²) < 4.78 is 71.6. The molecule has 0 saturated heterocycles. The van der Waals surface area contributed by atoms with Crippen LogP contribution in [-0.4, -0.2) is 67.2 Å². The number of alkyl halides is 5. The van der Waals surface area contributed by atoms with E-state index in [1.165, 1.54) is 64.3 Å². The predicted octanol–water partition coefficient (Wildman–Crippen LogP) is 2.69. The number of hydrogen-bond acceptors (Lipinski definition) is 6. The first-order chi connectivity index (χ1) is 20.0. The fourth-order valence-corrected chi connectivity index (χ4v) is 3.67. The summed E-state index contributed by atoms with van der Waals surface area (Å²) in [6.07, 6.45) is -5.01. The third kappa shape index (κ3) is 9.75. The van der Waals surface area contributed by atoms with E-state index in [1.54, 1.807) is 18.2 Å².